The standard InChI is InChI=1S/C40H54N8O9/c1-25-16-32(44-38(55)31(18-27-12-6-3-7-13-27)43-37(54)30(42)17-26-10-4-2-5-11-26)39(56)47(25)33(14-8-9-15-41)40(57)48-28-19-29(48)21-46(20-28)34(49)22-45(23-35(50)51)24-36(52)53/h2-7,10-13,25,28-33H,8-9,14-24,41-42H2,1H3,(H,43,54)(H,44,55)(H,50,51)(H,52,53). The molecule has 0 aliphatic carbocycles. The summed E-state index contributed by atoms with van der Waals surface area (Å²) < 4.78 is 0. The van der Waals surface area contributed by atoms with Crippen LogP contribution in [0.25, 0.3) is 0 Å². The number of carbonyl (C=O) groups excluding carboxylic acids is 5. The van der Waals surface area contributed by atoms with E-state index < -0.39 is 85.4 Å². The van der Waals surface area contributed by atoms with Gasteiger partial charge in [0.2, 0.25) is 29.5 Å². The Morgan fingerprint density at radius 2 is 1.40 bits per heavy atom. The Hall–Kier alpha value is -5.39. The van der Waals surface area contributed by atoms with Crippen molar-refractivity contribution in [3.05, 3.63) is 71.8 Å². The Labute approximate surface area is 331 Å². The summed E-state index contributed by atoms with van der Waals surface area (Å²) in [6.07, 6.45) is 2.86. The van der Waals surface area contributed by atoms with Gasteiger partial charge in [-0.15, -0.1) is 0 Å². The van der Waals surface area contributed by atoms with Crippen molar-refractivity contribution in [2.75, 3.05) is 39.3 Å². The summed E-state index contributed by atoms with van der Waals surface area (Å²) >= 11 is 0. The predicted molar refractivity (Wildman–Crippen MR) is 207 cm³/mol. The molecule has 0 spiro atoms. The van der Waals surface area contributed by atoms with Crippen LogP contribution in [-0.2, 0) is 46.4 Å². The number of carboxylic acids is 2. The van der Waals surface area contributed by atoms with Gasteiger partial charge < -0.3 is 47.0 Å². The fraction of sp³-hybridized carbons (Fsp3) is 0.525. The molecule has 7 unspecified atom stereocenters. The number of nitrogens with one attached hydrogen (secondary N) is 2. The first-order valence-electron chi connectivity index (χ1n) is 19.5. The average molecular weight is 791 g/mol. The topological polar surface area (TPSA) is 249 Å². The van der Waals surface area contributed by atoms with E-state index in [1.807, 2.05) is 67.6 Å². The second-order valence-electron chi connectivity index (χ2n) is 15.3. The van der Waals surface area contributed by atoms with E-state index in [0.29, 0.717) is 32.2 Å². The van der Waals surface area contributed by atoms with Crippen molar-refractivity contribution in [3.8, 4) is 0 Å². The van der Waals surface area contributed by atoms with Crippen molar-refractivity contribution in [1.82, 2.24) is 30.2 Å². The van der Waals surface area contributed by atoms with Crippen LogP contribution in [-0.4, -0.2) is 153 Å². The summed E-state index contributed by atoms with van der Waals surface area (Å²) in [6, 6.07) is 13.7. The van der Waals surface area contributed by atoms with E-state index in [1.165, 1.54) is 4.90 Å². The Bertz CT molecular complexity index is 1740. The highest BCUT2D eigenvalue weighted by atomic mass is 16.4. The molecule has 17 nitrogen and oxygen atoms in total. The second kappa shape index (κ2) is 19.7. The molecule has 7 atom stereocenters. The lowest BCUT2D eigenvalue weighted by atomic mass is 9.85. The number of likely N-dealkylation sites (tertiary alicyclic amines) is 3. The van der Waals surface area contributed by atoms with Crippen molar-refractivity contribution in [2.24, 2.45) is 11.5 Å². The number of unbranched alkanes of at least 4 members (excludes halogenated alkanes) is 1. The van der Waals surface area contributed by atoms with Crippen LogP contribution in [0.4, 0.5) is 0 Å². The second-order valence-corrected chi connectivity index (χ2v) is 15.3. The lowest BCUT2D eigenvalue weighted by molar-refractivity contribution is -0.168. The SMILES string of the molecule is CC1CC(NC(=O)C(Cc2ccccc2)NC(=O)C(N)Cc2ccccc2)C(=O)N1C(CCCCN)C(=O)N1C2CC1CN(C(=O)CN(CC(=O)O)CC(=O)O)C2. The van der Waals surface area contributed by atoms with Crippen LogP contribution < -0.4 is 22.1 Å². The minimum Gasteiger partial charge on any atom is -0.480 e. The Kier molecular flexibility index (Phi) is 14.7. The smallest absolute Gasteiger partial charge is 0.317 e. The number of nitrogens with two attached hydrogens (primary N) is 2. The lowest BCUT2D eigenvalue weighted by Gasteiger charge is -2.57. The molecule has 2 aromatic carbocycles. The molecule has 0 radical (unpaired) electrons. The molecule has 3 heterocycles. The van der Waals surface area contributed by atoms with E-state index >= 15 is 0 Å². The zero-order chi connectivity index (χ0) is 41.2. The molecule has 0 saturated carbocycles. The number of fused-ring (bicyclic) bond motifs is 2. The minimum atomic E-state index is -1.26. The molecule has 5 rings (SSSR count). The molecule has 57 heavy (non-hydrogen) atoms. The maximum atomic E-state index is 14.4. The lowest BCUT2D eigenvalue weighted by Crippen LogP contribution is -2.73. The van der Waals surface area contributed by atoms with Crippen LogP contribution in [0.1, 0.15) is 50.2 Å². The van der Waals surface area contributed by atoms with E-state index in [9.17, 15) is 43.8 Å². The van der Waals surface area contributed by atoms with Gasteiger partial charge in [0, 0.05) is 25.6 Å². The number of piperidine rings is 1. The highest BCUT2D eigenvalue weighted by molar-refractivity contribution is 5.96. The highest BCUT2D eigenvalue weighted by Crippen LogP contribution is 2.36. The van der Waals surface area contributed by atoms with Crippen molar-refractivity contribution < 1.29 is 43.8 Å². The number of benzene rings is 2. The summed E-state index contributed by atoms with van der Waals surface area (Å²) in [5.74, 6) is -4.67. The molecule has 3 saturated heterocycles. The molecule has 0 aromatic heterocycles. The fourth-order valence-corrected chi connectivity index (χ4v) is 8.16. The number of aliphatic carboxylic acids is 2. The quantitative estimate of drug-likeness (QED) is 0.0900. The van der Waals surface area contributed by atoms with Crippen molar-refractivity contribution >= 4 is 41.5 Å². The Morgan fingerprint density at radius 3 is 1.96 bits per heavy atom. The predicted octanol–water partition coefficient (Wildman–Crippen LogP) is -0.830. The molecule has 17 heteroatoms. The molecule has 2 bridgehead atoms. The van der Waals surface area contributed by atoms with Gasteiger partial charge in [-0.05, 0) is 63.1 Å². The summed E-state index contributed by atoms with van der Waals surface area (Å²) in [6.45, 7) is 1.00. The van der Waals surface area contributed by atoms with Gasteiger partial charge in [0.25, 0.3) is 0 Å². The molecule has 308 valence electrons. The molecule has 2 aromatic rings. The van der Waals surface area contributed by atoms with E-state index in [1.54, 1.807) is 9.80 Å². The number of amides is 5. The zero-order valence-corrected chi connectivity index (χ0v) is 32.2. The van der Waals surface area contributed by atoms with Crippen LogP contribution >= 0.6 is 0 Å². The van der Waals surface area contributed by atoms with Gasteiger partial charge in [-0.25, -0.2) is 0 Å². The first kappa shape index (κ1) is 42.7. The summed E-state index contributed by atoms with van der Waals surface area (Å²) in [7, 11) is 0. The van der Waals surface area contributed by atoms with Gasteiger partial charge in [0.05, 0.1) is 37.8 Å². The molecule has 8 N–H and O–H groups in total. The molecule has 3 aliphatic heterocycles. The fourth-order valence-electron chi connectivity index (χ4n) is 8.16. The van der Waals surface area contributed by atoms with Crippen LogP contribution in [0.3, 0.4) is 0 Å². The normalized spacial score (nSPS) is 21.7. The summed E-state index contributed by atoms with van der Waals surface area (Å²) in [4.78, 5) is 97.2. The van der Waals surface area contributed by atoms with Crippen molar-refractivity contribution in [1.29, 1.82) is 0 Å². The van der Waals surface area contributed by atoms with Crippen molar-refractivity contribution in [2.45, 2.75) is 94.2 Å². The first-order chi connectivity index (χ1) is 27.2. The van der Waals surface area contributed by atoms with Crippen LogP contribution in [0.5, 0.6) is 0 Å². The first-order valence-corrected chi connectivity index (χ1v) is 19.5. The zero-order valence-electron chi connectivity index (χ0n) is 32.2. The van der Waals surface area contributed by atoms with Gasteiger partial charge >= 0.3 is 11.9 Å². The third-order valence-electron chi connectivity index (χ3n) is 10.9. The maximum Gasteiger partial charge on any atom is 0.317 e. The molecular weight excluding hydrogens is 736 g/mol. The van der Waals surface area contributed by atoms with Crippen molar-refractivity contribution in [3.63, 3.8) is 0 Å². The number of piperazine rings is 1. The van der Waals surface area contributed by atoms with E-state index in [-0.39, 0.29) is 50.3 Å². The number of rotatable bonds is 20. The van der Waals surface area contributed by atoms with Gasteiger partial charge in [-0.3, -0.25) is 38.5 Å². The third kappa shape index (κ3) is 11.1. The number of hydrogen-bond donors (Lipinski definition) is 6. The molecule has 5 amide bonds. The van der Waals surface area contributed by atoms with Gasteiger partial charge in [-0.2, -0.15) is 0 Å². The number of carboxylic acid groups (broad SMARTS) is 2. The molecule has 3 fully saturated rings. The maximum absolute atomic E-state index is 14.4. The highest BCUT2D eigenvalue weighted by Gasteiger charge is 2.52. The average Bonchev–Trinajstić information content (AvgIpc) is 3.44. The van der Waals surface area contributed by atoms with Crippen LogP contribution in [0, 0.1) is 0 Å². The number of hydrogen-bond acceptors (Lipinski definition) is 10. The minimum absolute atomic E-state index is 0.158. The van der Waals surface area contributed by atoms with Crippen LogP contribution in [0.2, 0.25) is 0 Å². The molecule has 3 aliphatic rings. The van der Waals surface area contributed by atoms with E-state index in [4.69, 9.17) is 11.5 Å². The Morgan fingerprint density at radius 1 is 0.825 bits per heavy atom. The van der Waals surface area contributed by atoms with Gasteiger partial charge in [0.1, 0.15) is 18.1 Å². The van der Waals surface area contributed by atoms with Crippen LogP contribution in [0.15, 0.2) is 60.7 Å². The van der Waals surface area contributed by atoms with E-state index in [2.05, 4.69) is 10.6 Å². The molecular formula is C40H54N8O9. The summed E-state index contributed by atoms with van der Waals surface area (Å²) in [5, 5.41) is 24.0. The largest absolute Gasteiger partial charge is 0.480 e. The van der Waals surface area contributed by atoms with Gasteiger partial charge in [0.15, 0.2) is 0 Å². The number of nitrogens with zero attached hydrogens (tertiary/aromatic N) is 4. The third-order valence-corrected chi connectivity index (χ3v) is 10.9. The monoisotopic (exact) mass is 790 g/mol. The van der Waals surface area contributed by atoms with E-state index in [0.717, 1.165) is 16.0 Å². The van der Waals surface area contributed by atoms with Gasteiger partial charge in [-0.1, -0.05) is 60.7 Å². The number of carbonyl (C=O) groups is 7. The Balaban J connectivity index is 1.25. The summed E-state index contributed by atoms with van der Waals surface area (Å²) in [5.41, 5.74) is 13.7.